The van der Waals surface area contributed by atoms with E-state index in [0.717, 1.165) is 17.7 Å². The molecule has 5 nitrogen and oxygen atoms in total. The van der Waals surface area contributed by atoms with Gasteiger partial charge in [-0.2, -0.15) is 5.10 Å². The van der Waals surface area contributed by atoms with Gasteiger partial charge in [0.15, 0.2) is 5.69 Å². The summed E-state index contributed by atoms with van der Waals surface area (Å²) < 4.78 is 1.89. The van der Waals surface area contributed by atoms with Gasteiger partial charge in [-0.25, -0.2) is 0 Å². The summed E-state index contributed by atoms with van der Waals surface area (Å²) in [7, 11) is 0. The number of amides is 1. The number of hydrogen-bond donors (Lipinski definition) is 1. The first-order chi connectivity index (χ1) is 9.51. The molecular formula is C15H20N4O. The number of carbonyl (C=O) groups is 1. The second-order valence-electron chi connectivity index (χ2n) is 5.08. The Morgan fingerprint density at radius 2 is 2.10 bits per heavy atom. The number of aryl methyl sites for hydroxylation is 2. The molecule has 2 aromatic heterocycles. The Kier molecular flexibility index (Phi) is 4.17. The van der Waals surface area contributed by atoms with Crippen LogP contribution in [0.2, 0.25) is 0 Å². The molecule has 0 radical (unpaired) electrons. The summed E-state index contributed by atoms with van der Waals surface area (Å²) in [6.07, 6.45) is 4.35. The third-order valence-electron chi connectivity index (χ3n) is 3.30. The average Bonchev–Trinajstić information content (AvgIpc) is 2.80. The van der Waals surface area contributed by atoms with Crippen molar-refractivity contribution in [2.75, 3.05) is 5.32 Å². The van der Waals surface area contributed by atoms with Gasteiger partial charge in [-0.1, -0.05) is 6.92 Å². The van der Waals surface area contributed by atoms with E-state index in [2.05, 4.69) is 29.2 Å². The smallest absolute Gasteiger partial charge is 0.276 e. The molecule has 0 aliphatic carbocycles. The molecule has 1 unspecified atom stereocenters. The SMILES string of the molecule is CCC(C)n1nc(C(=O)Nc2cncc(C)c2)cc1C. The summed E-state index contributed by atoms with van der Waals surface area (Å²) in [5.41, 5.74) is 3.12. The van der Waals surface area contributed by atoms with E-state index in [-0.39, 0.29) is 11.9 Å². The number of nitrogens with zero attached hydrogens (tertiary/aromatic N) is 3. The highest BCUT2D eigenvalue weighted by molar-refractivity contribution is 6.02. The molecular weight excluding hydrogens is 252 g/mol. The standard InChI is InChI=1S/C15H20N4O/c1-5-11(3)19-12(4)7-14(18-19)15(20)17-13-6-10(2)8-16-9-13/h6-9,11H,5H2,1-4H3,(H,17,20). The molecule has 1 atom stereocenters. The Labute approximate surface area is 119 Å². The van der Waals surface area contributed by atoms with Gasteiger partial charge in [0.05, 0.1) is 11.9 Å². The molecule has 0 aliphatic rings. The van der Waals surface area contributed by atoms with Crippen molar-refractivity contribution in [3.63, 3.8) is 0 Å². The number of aromatic nitrogens is 3. The van der Waals surface area contributed by atoms with Crippen LogP contribution < -0.4 is 5.32 Å². The zero-order valence-electron chi connectivity index (χ0n) is 12.3. The maximum Gasteiger partial charge on any atom is 0.276 e. The summed E-state index contributed by atoms with van der Waals surface area (Å²) in [5.74, 6) is -0.206. The zero-order chi connectivity index (χ0) is 14.7. The van der Waals surface area contributed by atoms with Gasteiger partial charge >= 0.3 is 0 Å². The molecule has 0 saturated heterocycles. The summed E-state index contributed by atoms with van der Waals surface area (Å²) in [6.45, 7) is 8.09. The minimum atomic E-state index is -0.206. The fourth-order valence-corrected chi connectivity index (χ4v) is 2.04. The lowest BCUT2D eigenvalue weighted by molar-refractivity contribution is 0.102. The molecule has 1 amide bonds. The van der Waals surface area contributed by atoms with E-state index in [0.29, 0.717) is 11.4 Å². The molecule has 0 aliphatic heterocycles. The number of nitrogens with one attached hydrogen (secondary N) is 1. The topological polar surface area (TPSA) is 59.8 Å². The summed E-state index contributed by atoms with van der Waals surface area (Å²) in [6, 6.07) is 3.98. The van der Waals surface area contributed by atoms with Crippen LogP contribution >= 0.6 is 0 Å². The van der Waals surface area contributed by atoms with Crippen LogP contribution in [0.1, 0.15) is 48.1 Å². The monoisotopic (exact) mass is 272 g/mol. The number of anilines is 1. The Balaban J connectivity index is 2.17. The second-order valence-corrected chi connectivity index (χ2v) is 5.08. The van der Waals surface area contributed by atoms with Gasteiger partial charge < -0.3 is 5.32 Å². The van der Waals surface area contributed by atoms with Crippen molar-refractivity contribution in [1.29, 1.82) is 0 Å². The first-order valence-electron chi connectivity index (χ1n) is 6.80. The summed E-state index contributed by atoms with van der Waals surface area (Å²) in [4.78, 5) is 16.2. The van der Waals surface area contributed by atoms with E-state index in [1.807, 2.05) is 30.7 Å². The van der Waals surface area contributed by atoms with Crippen LogP contribution in [0.15, 0.2) is 24.5 Å². The number of hydrogen-bond acceptors (Lipinski definition) is 3. The van der Waals surface area contributed by atoms with Gasteiger partial charge in [0.25, 0.3) is 5.91 Å². The van der Waals surface area contributed by atoms with Crippen LogP contribution in [0, 0.1) is 13.8 Å². The van der Waals surface area contributed by atoms with Crippen molar-refractivity contribution >= 4 is 11.6 Å². The predicted octanol–water partition coefficient (Wildman–Crippen LogP) is 3.12. The second kappa shape index (κ2) is 5.86. The molecule has 20 heavy (non-hydrogen) atoms. The average molecular weight is 272 g/mol. The molecule has 0 spiro atoms. The third kappa shape index (κ3) is 3.04. The molecule has 2 aromatic rings. The van der Waals surface area contributed by atoms with Crippen LogP contribution in [-0.4, -0.2) is 20.7 Å². The highest BCUT2D eigenvalue weighted by atomic mass is 16.1. The van der Waals surface area contributed by atoms with E-state index in [4.69, 9.17) is 0 Å². The van der Waals surface area contributed by atoms with Crippen molar-refractivity contribution in [1.82, 2.24) is 14.8 Å². The predicted molar refractivity (Wildman–Crippen MR) is 78.9 cm³/mol. The lowest BCUT2D eigenvalue weighted by Crippen LogP contribution is -2.14. The van der Waals surface area contributed by atoms with Crippen LogP contribution in [0.3, 0.4) is 0 Å². The van der Waals surface area contributed by atoms with E-state index in [1.165, 1.54) is 0 Å². The first kappa shape index (κ1) is 14.2. The van der Waals surface area contributed by atoms with E-state index in [9.17, 15) is 4.79 Å². The van der Waals surface area contributed by atoms with E-state index in [1.54, 1.807) is 12.4 Å². The molecule has 2 rings (SSSR count). The highest BCUT2D eigenvalue weighted by Gasteiger charge is 2.15. The first-order valence-corrected chi connectivity index (χ1v) is 6.80. The maximum absolute atomic E-state index is 12.2. The minimum Gasteiger partial charge on any atom is -0.319 e. The highest BCUT2D eigenvalue weighted by Crippen LogP contribution is 2.15. The normalized spacial score (nSPS) is 12.2. The largest absolute Gasteiger partial charge is 0.319 e. The molecule has 5 heteroatoms. The maximum atomic E-state index is 12.2. The van der Waals surface area contributed by atoms with Crippen molar-refractivity contribution in [3.8, 4) is 0 Å². The minimum absolute atomic E-state index is 0.206. The molecule has 0 fully saturated rings. The molecule has 0 aromatic carbocycles. The Morgan fingerprint density at radius 1 is 1.35 bits per heavy atom. The van der Waals surface area contributed by atoms with Gasteiger partial charge in [0, 0.05) is 17.9 Å². The van der Waals surface area contributed by atoms with Crippen molar-refractivity contribution in [2.45, 2.75) is 40.2 Å². The lowest BCUT2D eigenvalue weighted by atomic mass is 10.2. The Morgan fingerprint density at radius 3 is 2.75 bits per heavy atom. The van der Waals surface area contributed by atoms with Gasteiger partial charge in [-0.3, -0.25) is 14.5 Å². The fraction of sp³-hybridized carbons (Fsp3) is 0.400. The molecule has 2 heterocycles. The van der Waals surface area contributed by atoms with Crippen LogP contribution in [-0.2, 0) is 0 Å². The van der Waals surface area contributed by atoms with Gasteiger partial charge in [-0.15, -0.1) is 0 Å². The van der Waals surface area contributed by atoms with Crippen LogP contribution in [0.25, 0.3) is 0 Å². The Bertz CT molecular complexity index is 618. The van der Waals surface area contributed by atoms with Crippen molar-refractivity contribution < 1.29 is 4.79 Å². The third-order valence-corrected chi connectivity index (χ3v) is 3.30. The van der Waals surface area contributed by atoms with E-state index >= 15 is 0 Å². The summed E-state index contributed by atoms with van der Waals surface area (Å²) >= 11 is 0. The zero-order valence-corrected chi connectivity index (χ0v) is 12.3. The molecule has 106 valence electrons. The molecule has 1 N–H and O–H groups in total. The fourth-order valence-electron chi connectivity index (χ4n) is 2.04. The van der Waals surface area contributed by atoms with Crippen LogP contribution in [0.5, 0.6) is 0 Å². The van der Waals surface area contributed by atoms with Crippen molar-refractivity contribution in [2.24, 2.45) is 0 Å². The van der Waals surface area contributed by atoms with Gasteiger partial charge in [0.2, 0.25) is 0 Å². The number of carbonyl (C=O) groups excluding carboxylic acids is 1. The number of rotatable bonds is 4. The summed E-state index contributed by atoms with van der Waals surface area (Å²) in [5, 5.41) is 7.20. The lowest BCUT2D eigenvalue weighted by Gasteiger charge is -2.10. The van der Waals surface area contributed by atoms with Gasteiger partial charge in [0.1, 0.15) is 0 Å². The van der Waals surface area contributed by atoms with Crippen molar-refractivity contribution in [3.05, 3.63) is 41.5 Å². The van der Waals surface area contributed by atoms with E-state index < -0.39 is 0 Å². The molecule has 0 bridgehead atoms. The Hall–Kier alpha value is -2.17. The molecule has 0 saturated carbocycles. The van der Waals surface area contributed by atoms with Crippen LogP contribution in [0.4, 0.5) is 5.69 Å². The van der Waals surface area contributed by atoms with Gasteiger partial charge in [-0.05, 0) is 44.9 Å². The quantitative estimate of drug-likeness (QED) is 0.930. The number of pyridine rings is 1.